The number of imidazole rings is 1. The van der Waals surface area contributed by atoms with Crippen LogP contribution in [0.25, 0.3) is 11.0 Å². The molecule has 25 heavy (non-hydrogen) atoms. The number of aromatic nitrogens is 2. The van der Waals surface area contributed by atoms with Gasteiger partial charge in [-0.05, 0) is 69.9 Å². The molecule has 0 N–H and O–H groups in total. The standard InChI is InChI=1S/C16H16BrN2.C5H5.Fe/c1-2-3-11-19-15-10-5-4-9-14(15)18-16(19)12-7-6-8-13(12)17;1-2-4-5-3-1;/h4-10H,2-3,11H2,1H3;1-5H;/q;;+2. The van der Waals surface area contributed by atoms with Gasteiger partial charge in [0.25, 0.3) is 0 Å². The number of aryl methyl sites for hydroxylation is 1. The maximum Gasteiger partial charge on any atom is 2.00 e. The molecule has 128 valence electrons. The summed E-state index contributed by atoms with van der Waals surface area (Å²) in [5.41, 5.74) is 2.29. The van der Waals surface area contributed by atoms with Gasteiger partial charge in [-0.1, -0.05) is 41.4 Å². The average molecular weight is 437 g/mol. The van der Waals surface area contributed by atoms with E-state index in [9.17, 15) is 0 Å². The summed E-state index contributed by atoms with van der Waals surface area (Å²) in [4.78, 5) is 5.91. The molecule has 4 heteroatoms. The molecule has 2 aliphatic rings. The van der Waals surface area contributed by atoms with Crippen LogP contribution >= 0.6 is 15.9 Å². The quantitative estimate of drug-likeness (QED) is 0.592. The first-order valence-corrected chi connectivity index (χ1v) is 9.14. The molecule has 0 unspecified atom stereocenters. The number of rotatable bonds is 4. The number of fused-ring (bicyclic) bond motifs is 1. The van der Waals surface area contributed by atoms with Crippen molar-refractivity contribution in [1.29, 1.82) is 0 Å². The average Bonchev–Trinajstić information content (AvgIpc) is 3.34. The maximum absolute atomic E-state index is 4.80. The minimum atomic E-state index is 0. The first-order valence-electron chi connectivity index (χ1n) is 8.34. The van der Waals surface area contributed by atoms with Crippen molar-refractivity contribution in [3.63, 3.8) is 0 Å². The van der Waals surface area contributed by atoms with E-state index in [0.717, 1.165) is 22.7 Å². The van der Waals surface area contributed by atoms with Crippen LogP contribution in [0.1, 0.15) is 25.6 Å². The fourth-order valence-corrected chi connectivity index (χ4v) is 3.19. The summed E-state index contributed by atoms with van der Waals surface area (Å²) in [6.07, 6.45) is 18.6. The molecule has 2 aromatic rings. The van der Waals surface area contributed by atoms with Crippen molar-refractivity contribution in [1.82, 2.24) is 9.55 Å². The van der Waals surface area contributed by atoms with E-state index in [4.69, 9.17) is 4.98 Å². The van der Waals surface area contributed by atoms with Crippen LogP contribution in [0.15, 0.2) is 24.3 Å². The summed E-state index contributed by atoms with van der Waals surface area (Å²) in [6, 6.07) is 8.36. The van der Waals surface area contributed by atoms with Gasteiger partial charge in [-0.2, -0.15) is 0 Å². The van der Waals surface area contributed by atoms with Gasteiger partial charge in [0, 0.05) is 6.54 Å². The molecule has 1 aromatic heterocycles. The van der Waals surface area contributed by atoms with Crippen molar-refractivity contribution in [2.45, 2.75) is 26.3 Å². The summed E-state index contributed by atoms with van der Waals surface area (Å²) in [5.74, 6) is 2.24. The molecular formula is C21H21BrFeN2+2. The maximum atomic E-state index is 4.80. The Hall–Kier alpha value is -0.311. The number of benzene rings is 1. The van der Waals surface area contributed by atoms with Crippen LogP contribution < -0.4 is 0 Å². The fraction of sp³-hybridized carbons (Fsp3) is 0.190. The minimum Gasteiger partial charge on any atom is -0.327 e. The van der Waals surface area contributed by atoms with Crippen molar-refractivity contribution in [3.05, 3.63) is 92.2 Å². The van der Waals surface area contributed by atoms with Crippen LogP contribution in [0.5, 0.6) is 0 Å². The first kappa shape index (κ1) is 21.0. The van der Waals surface area contributed by atoms with Crippen LogP contribution in [0.2, 0.25) is 0 Å². The van der Waals surface area contributed by atoms with E-state index < -0.39 is 0 Å². The molecule has 0 saturated heterocycles. The second-order valence-corrected chi connectivity index (χ2v) is 6.53. The Balaban J connectivity index is 0.000000325. The summed E-state index contributed by atoms with van der Waals surface area (Å²) in [6.45, 7) is 3.24. The van der Waals surface area contributed by atoms with Crippen molar-refractivity contribution in [3.8, 4) is 0 Å². The molecule has 0 aliphatic heterocycles. The Morgan fingerprint density at radius 1 is 0.960 bits per heavy atom. The summed E-state index contributed by atoms with van der Waals surface area (Å²) < 4.78 is 2.33. The third kappa shape index (κ3) is 5.34. The molecule has 10 radical (unpaired) electrons. The Labute approximate surface area is 171 Å². The molecule has 4 rings (SSSR count). The Bertz CT molecular complexity index is 628. The molecule has 2 aliphatic carbocycles. The normalized spacial score (nSPS) is 18.2. The number of hydrogen-bond donors (Lipinski definition) is 0. The zero-order valence-corrected chi connectivity index (χ0v) is 16.9. The van der Waals surface area contributed by atoms with Gasteiger partial charge in [-0.15, -0.1) is 0 Å². The Morgan fingerprint density at radius 2 is 1.64 bits per heavy atom. The molecule has 0 bridgehead atoms. The second-order valence-electron chi connectivity index (χ2n) is 5.68. The number of para-hydroxylation sites is 2. The predicted molar refractivity (Wildman–Crippen MR) is 104 cm³/mol. The fourth-order valence-electron chi connectivity index (χ4n) is 2.72. The van der Waals surface area contributed by atoms with Gasteiger partial charge >= 0.3 is 17.1 Å². The third-order valence-corrected chi connectivity index (χ3v) is 4.64. The van der Waals surface area contributed by atoms with Crippen LogP contribution in [-0.4, -0.2) is 9.55 Å². The van der Waals surface area contributed by atoms with Gasteiger partial charge in [0.15, 0.2) is 0 Å². The van der Waals surface area contributed by atoms with E-state index in [1.165, 1.54) is 24.3 Å². The van der Waals surface area contributed by atoms with Crippen LogP contribution in [-0.2, 0) is 23.6 Å². The van der Waals surface area contributed by atoms with Gasteiger partial charge in [-0.3, -0.25) is 0 Å². The summed E-state index contributed by atoms with van der Waals surface area (Å²) in [7, 11) is 0. The number of halogens is 1. The van der Waals surface area contributed by atoms with Gasteiger partial charge < -0.3 is 4.57 Å². The molecule has 0 amide bonds. The largest absolute Gasteiger partial charge is 2.00 e. The molecule has 1 heterocycles. The molecule has 2 nitrogen and oxygen atoms in total. The molecule has 2 fully saturated rings. The second kappa shape index (κ2) is 10.7. The summed E-state index contributed by atoms with van der Waals surface area (Å²) in [5, 5.41) is 0. The molecule has 0 atom stereocenters. The molecular weight excluding hydrogens is 416 g/mol. The number of unbranched alkanes of at least 4 members (excludes halogenated alkanes) is 1. The minimum absolute atomic E-state index is 0. The van der Waals surface area contributed by atoms with Gasteiger partial charge in [0.05, 0.1) is 21.8 Å². The summed E-state index contributed by atoms with van der Waals surface area (Å²) >= 11 is 3.61. The third-order valence-electron chi connectivity index (χ3n) is 3.95. The molecule has 0 spiro atoms. The van der Waals surface area contributed by atoms with Crippen molar-refractivity contribution in [2.75, 3.05) is 0 Å². The Kier molecular flexibility index (Phi) is 9.02. The van der Waals surface area contributed by atoms with Crippen molar-refractivity contribution < 1.29 is 17.1 Å². The SMILES string of the molecule is CCCCn1c([C]2[CH][CH][CH][C]2Br)nc2ccccc21.[CH]1[CH][CH][CH][CH]1.[Fe+2]. The van der Waals surface area contributed by atoms with E-state index in [-0.39, 0.29) is 17.1 Å². The molecule has 1 aromatic carbocycles. The monoisotopic (exact) mass is 436 g/mol. The number of hydrogen-bond acceptors (Lipinski definition) is 1. The zero-order valence-electron chi connectivity index (χ0n) is 14.2. The van der Waals surface area contributed by atoms with E-state index in [1.807, 2.05) is 38.2 Å². The van der Waals surface area contributed by atoms with Crippen molar-refractivity contribution in [2.24, 2.45) is 0 Å². The molecule has 2 saturated carbocycles. The van der Waals surface area contributed by atoms with Gasteiger partial charge in [0.1, 0.15) is 5.82 Å². The van der Waals surface area contributed by atoms with Crippen molar-refractivity contribution >= 4 is 27.0 Å². The van der Waals surface area contributed by atoms with Gasteiger partial charge in [-0.25, -0.2) is 4.98 Å². The van der Waals surface area contributed by atoms with Crippen LogP contribution in [0.4, 0.5) is 0 Å². The Morgan fingerprint density at radius 3 is 2.24 bits per heavy atom. The zero-order chi connectivity index (χ0) is 16.8. The van der Waals surface area contributed by atoms with Crippen LogP contribution in [0, 0.1) is 62.1 Å². The van der Waals surface area contributed by atoms with E-state index in [0.29, 0.717) is 0 Å². The van der Waals surface area contributed by atoms with E-state index in [2.05, 4.69) is 64.9 Å². The topological polar surface area (TPSA) is 17.8 Å². The van der Waals surface area contributed by atoms with E-state index >= 15 is 0 Å². The van der Waals surface area contributed by atoms with E-state index in [1.54, 1.807) is 0 Å². The predicted octanol–water partition coefficient (Wildman–Crippen LogP) is 5.33. The van der Waals surface area contributed by atoms with Gasteiger partial charge in [0.2, 0.25) is 0 Å². The first-order chi connectivity index (χ1) is 11.8. The van der Waals surface area contributed by atoms with Crippen LogP contribution in [0.3, 0.4) is 0 Å². The number of nitrogens with zero attached hydrogens (tertiary/aromatic N) is 2. The smallest absolute Gasteiger partial charge is 0.327 e.